The van der Waals surface area contributed by atoms with Crippen LogP contribution in [0.5, 0.6) is 0 Å². The van der Waals surface area contributed by atoms with Crippen LogP contribution in [0.4, 0.5) is 5.69 Å². The van der Waals surface area contributed by atoms with E-state index in [0.29, 0.717) is 6.04 Å². The maximum atomic E-state index is 3.52. The van der Waals surface area contributed by atoms with Gasteiger partial charge in [0.05, 0.1) is 0 Å². The molecular formula is C16H26N2. The van der Waals surface area contributed by atoms with Crippen molar-refractivity contribution in [2.24, 2.45) is 5.92 Å². The van der Waals surface area contributed by atoms with Crippen molar-refractivity contribution in [3.05, 3.63) is 29.8 Å². The first-order chi connectivity index (χ1) is 8.69. The van der Waals surface area contributed by atoms with Gasteiger partial charge in [-0.05, 0) is 56.8 Å². The van der Waals surface area contributed by atoms with Gasteiger partial charge >= 0.3 is 0 Å². The minimum Gasteiger partial charge on any atom is -0.371 e. The Balaban J connectivity index is 1.88. The summed E-state index contributed by atoms with van der Waals surface area (Å²) in [4.78, 5) is 2.54. The van der Waals surface area contributed by atoms with Gasteiger partial charge in [0, 0.05) is 24.8 Å². The molecule has 0 spiro atoms. The molecule has 0 aromatic heterocycles. The lowest BCUT2D eigenvalue weighted by atomic mass is 10.00. The van der Waals surface area contributed by atoms with Gasteiger partial charge in [-0.1, -0.05) is 19.1 Å². The fourth-order valence-corrected chi connectivity index (χ4v) is 3.02. The van der Waals surface area contributed by atoms with Gasteiger partial charge in [0.1, 0.15) is 0 Å². The van der Waals surface area contributed by atoms with Crippen LogP contribution in [0.3, 0.4) is 0 Å². The molecular weight excluding hydrogens is 220 g/mol. The van der Waals surface area contributed by atoms with Crippen molar-refractivity contribution < 1.29 is 0 Å². The smallest absolute Gasteiger partial charge is 0.0368 e. The molecule has 1 N–H and O–H groups in total. The highest BCUT2D eigenvalue weighted by atomic mass is 15.1. The van der Waals surface area contributed by atoms with E-state index in [4.69, 9.17) is 0 Å². The topological polar surface area (TPSA) is 15.3 Å². The lowest BCUT2D eigenvalue weighted by Gasteiger charge is -2.21. The fourth-order valence-electron chi connectivity index (χ4n) is 3.02. The van der Waals surface area contributed by atoms with Gasteiger partial charge in [-0.15, -0.1) is 0 Å². The summed E-state index contributed by atoms with van der Waals surface area (Å²) in [5, 5.41) is 3.52. The van der Waals surface area contributed by atoms with Crippen LogP contribution < -0.4 is 10.2 Å². The Morgan fingerprint density at radius 1 is 1.44 bits per heavy atom. The van der Waals surface area contributed by atoms with Crippen molar-refractivity contribution >= 4 is 5.69 Å². The number of hydrogen-bond acceptors (Lipinski definition) is 2. The molecule has 2 nitrogen and oxygen atoms in total. The number of nitrogens with zero attached hydrogens (tertiary/aromatic N) is 1. The largest absolute Gasteiger partial charge is 0.371 e. The fraction of sp³-hybridized carbons (Fsp3) is 0.625. The summed E-state index contributed by atoms with van der Waals surface area (Å²) in [6, 6.07) is 9.53. The van der Waals surface area contributed by atoms with Crippen LogP contribution >= 0.6 is 0 Å². The highest BCUT2D eigenvalue weighted by Crippen LogP contribution is 2.26. The molecule has 1 aromatic rings. The minimum absolute atomic E-state index is 0.650. The van der Waals surface area contributed by atoms with Gasteiger partial charge in [0.25, 0.3) is 0 Å². The molecule has 2 rings (SSSR count). The maximum Gasteiger partial charge on any atom is 0.0368 e. The van der Waals surface area contributed by atoms with Gasteiger partial charge in [0.2, 0.25) is 0 Å². The van der Waals surface area contributed by atoms with Crippen LogP contribution in [0.15, 0.2) is 24.3 Å². The lowest BCUT2D eigenvalue weighted by Crippen LogP contribution is -2.29. The Kier molecular flexibility index (Phi) is 4.65. The predicted octanol–water partition coefficient (Wildman–Crippen LogP) is 3.21. The highest BCUT2D eigenvalue weighted by molar-refractivity contribution is 5.49. The number of benzene rings is 1. The summed E-state index contributed by atoms with van der Waals surface area (Å²) in [6.45, 7) is 10.2. The molecule has 1 fully saturated rings. The predicted molar refractivity (Wildman–Crippen MR) is 79.3 cm³/mol. The number of rotatable bonds is 5. The summed E-state index contributed by atoms with van der Waals surface area (Å²) in [7, 11) is 0. The second-order valence-corrected chi connectivity index (χ2v) is 5.63. The third-order valence-corrected chi connectivity index (χ3v) is 3.89. The van der Waals surface area contributed by atoms with E-state index in [1.807, 2.05) is 0 Å². The molecule has 0 amide bonds. The van der Waals surface area contributed by atoms with Gasteiger partial charge in [-0.2, -0.15) is 0 Å². The zero-order valence-corrected chi connectivity index (χ0v) is 11.9. The van der Waals surface area contributed by atoms with Crippen molar-refractivity contribution in [3.63, 3.8) is 0 Å². The van der Waals surface area contributed by atoms with Crippen LogP contribution in [0.25, 0.3) is 0 Å². The highest BCUT2D eigenvalue weighted by Gasteiger charge is 2.23. The third-order valence-electron chi connectivity index (χ3n) is 3.89. The third kappa shape index (κ3) is 3.49. The molecule has 18 heavy (non-hydrogen) atoms. The Hall–Kier alpha value is -1.02. The second kappa shape index (κ2) is 6.24. The van der Waals surface area contributed by atoms with E-state index in [-0.39, 0.29) is 0 Å². The van der Waals surface area contributed by atoms with Crippen molar-refractivity contribution in [1.82, 2.24) is 5.32 Å². The Morgan fingerprint density at radius 3 is 3.00 bits per heavy atom. The second-order valence-electron chi connectivity index (χ2n) is 5.63. The molecule has 0 radical (unpaired) electrons. The molecule has 1 heterocycles. The van der Waals surface area contributed by atoms with E-state index in [1.165, 1.54) is 37.2 Å². The molecule has 100 valence electrons. The van der Waals surface area contributed by atoms with Crippen molar-refractivity contribution in [1.29, 1.82) is 0 Å². The maximum absolute atomic E-state index is 3.52. The van der Waals surface area contributed by atoms with Crippen molar-refractivity contribution in [2.75, 3.05) is 24.5 Å². The monoisotopic (exact) mass is 246 g/mol. The average Bonchev–Trinajstić information content (AvgIpc) is 2.78. The molecule has 0 aliphatic carbocycles. The van der Waals surface area contributed by atoms with E-state index in [2.05, 4.69) is 55.3 Å². The summed E-state index contributed by atoms with van der Waals surface area (Å²) >= 11 is 0. The summed E-state index contributed by atoms with van der Waals surface area (Å²) in [5.41, 5.74) is 2.76. The van der Waals surface area contributed by atoms with Gasteiger partial charge < -0.3 is 10.2 Å². The van der Waals surface area contributed by atoms with Crippen LogP contribution in [0.2, 0.25) is 0 Å². The van der Waals surface area contributed by atoms with Crippen molar-refractivity contribution in [3.8, 4) is 0 Å². The molecule has 2 unspecified atom stereocenters. The van der Waals surface area contributed by atoms with Gasteiger partial charge in [-0.25, -0.2) is 0 Å². The number of nitrogens with one attached hydrogen (secondary N) is 1. The Morgan fingerprint density at radius 2 is 2.28 bits per heavy atom. The first kappa shape index (κ1) is 13.4. The molecule has 2 heteroatoms. The first-order valence-electron chi connectivity index (χ1n) is 7.24. The molecule has 1 aromatic carbocycles. The normalized spacial score (nSPS) is 21.3. The Bertz CT molecular complexity index is 375. The number of aryl methyl sites for hydroxylation is 1. The van der Waals surface area contributed by atoms with E-state index in [1.54, 1.807) is 0 Å². The molecule has 0 saturated carbocycles. The van der Waals surface area contributed by atoms with Crippen LogP contribution in [0, 0.1) is 12.8 Å². The Labute approximate surface area is 111 Å². The zero-order valence-electron chi connectivity index (χ0n) is 11.9. The minimum atomic E-state index is 0.650. The summed E-state index contributed by atoms with van der Waals surface area (Å²) < 4.78 is 0. The number of anilines is 1. The SMILES string of the molecule is CCNC(C)CC1CCN(c2cccc(C)c2)C1. The van der Waals surface area contributed by atoms with Crippen molar-refractivity contribution in [2.45, 2.75) is 39.7 Å². The molecule has 1 saturated heterocycles. The molecule has 1 aliphatic rings. The quantitative estimate of drug-likeness (QED) is 0.858. The first-order valence-corrected chi connectivity index (χ1v) is 7.24. The van der Waals surface area contributed by atoms with Crippen LogP contribution in [0.1, 0.15) is 32.3 Å². The lowest BCUT2D eigenvalue weighted by molar-refractivity contribution is 0.430. The summed E-state index contributed by atoms with van der Waals surface area (Å²) in [6.07, 6.45) is 2.64. The molecule has 2 atom stereocenters. The van der Waals surface area contributed by atoms with Crippen LogP contribution in [-0.4, -0.2) is 25.7 Å². The summed E-state index contributed by atoms with van der Waals surface area (Å²) in [5.74, 6) is 0.847. The van der Waals surface area contributed by atoms with E-state index in [0.717, 1.165) is 12.5 Å². The number of hydrogen-bond donors (Lipinski definition) is 1. The standard InChI is InChI=1S/C16H26N2/c1-4-17-14(3)11-15-8-9-18(12-15)16-7-5-6-13(2)10-16/h5-7,10,14-15,17H,4,8-9,11-12H2,1-3H3. The molecule has 0 bridgehead atoms. The van der Waals surface area contributed by atoms with Gasteiger partial charge in [0.15, 0.2) is 0 Å². The van der Waals surface area contributed by atoms with Gasteiger partial charge in [-0.3, -0.25) is 0 Å². The van der Waals surface area contributed by atoms with E-state index < -0.39 is 0 Å². The van der Waals surface area contributed by atoms with Crippen LogP contribution in [-0.2, 0) is 0 Å². The zero-order chi connectivity index (χ0) is 13.0. The van der Waals surface area contributed by atoms with E-state index >= 15 is 0 Å². The molecule has 1 aliphatic heterocycles. The van der Waals surface area contributed by atoms with E-state index in [9.17, 15) is 0 Å². The average molecular weight is 246 g/mol.